The number of guanidine groups is 1. The molecule has 0 atom stereocenters. The van der Waals surface area contributed by atoms with E-state index in [4.69, 9.17) is 16.3 Å². The summed E-state index contributed by atoms with van der Waals surface area (Å²) in [6.07, 6.45) is 0. The van der Waals surface area contributed by atoms with Gasteiger partial charge in [-0.3, -0.25) is 9.79 Å². The highest BCUT2D eigenvalue weighted by atomic mass is 127. The van der Waals surface area contributed by atoms with Gasteiger partial charge in [0.2, 0.25) is 5.91 Å². The number of hydrogen-bond acceptors (Lipinski definition) is 3. The van der Waals surface area contributed by atoms with E-state index in [1.807, 2.05) is 48.3 Å². The number of amides is 1. The lowest BCUT2D eigenvalue weighted by Crippen LogP contribution is -2.40. The number of rotatable bonds is 7. The smallest absolute Gasteiger partial charge is 0.221 e. The van der Waals surface area contributed by atoms with Crippen molar-refractivity contribution in [1.29, 1.82) is 0 Å². The molecule has 8 heteroatoms. The first-order chi connectivity index (χ1) is 13.0. The van der Waals surface area contributed by atoms with Gasteiger partial charge in [0.1, 0.15) is 12.4 Å². The predicted molar refractivity (Wildman–Crippen MR) is 126 cm³/mol. The average molecular weight is 517 g/mol. The number of hydrogen-bond donors (Lipinski definition) is 2. The van der Waals surface area contributed by atoms with Crippen molar-refractivity contribution >= 4 is 53.1 Å². The third-order valence-electron chi connectivity index (χ3n) is 3.78. The molecule has 6 nitrogen and oxygen atoms in total. The normalized spacial score (nSPS) is 10.6. The second kappa shape index (κ2) is 12.5. The molecule has 2 rings (SSSR count). The van der Waals surface area contributed by atoms with Crippen LogP contribution in [-0.2, 0) is 11.3 Å². The van der Waals surface area contributed by atoms with Gasteiger partial charge in [0.15, 0.2) is 5.96 Å². The summed E-state index contributed by atoms with van der Waals surface area (Å²) in [6, 6.07) is 15.0. The maximum atomic E-state index is 11.2. The van der Waals surface area contributed by atoms with Gasteiger partial charge in [-0.05, 0) is 42.0 Å². The Balaban J connectivity index is 0.00000392. The van der Waals surface area contributed by atoms with Gasteiger partial charge in [-0.15, -0.1) is 24.0 Å². The largest absolute Gasteiger partial charge is 0.492 e. The van der Waals surface area contributed by atoms with E-state index in [0.717, 1.165) is 23.0 Å². The summed E-state index contributed by atoms with van der Waals surface area (Å²) >= 11 is 5.87. The van der Waals surface area contributed by atoms with Crippen molar-refractivity contribution in [3.63, 3.8) is 0 Å². The number of anilines is 1. The molecule has 0 spiro atoms. The van der Waals surface area contributed by atoms with Gasteiger partial charge in [-0.2, -0.15) is 0 Å². The molecule has 152 valence electrons. The summed E-state index contributed by atoms with van der Waals surface area (Å²) in [5, 5.41) is 6.78. The van der Waals surface area contributed by atoms with Crippen LogP contribution < -0.4 is 15.4 Å². The van der Waals surface area contributed by atoms with Crippen LogP contribution in [0, 0.1) is 0 Å². The monoisotopic (exact) mass is 516 g/mol. The van der Waals surface area contributed by atoms with Gasteiger partial charge in [0, 0.05) is 38.3 Å². The third kappa shape index (κ3) is 8.35. The highest BCUT2D eigenvalue weighted by molar-refractivity contribution is 14.0. The van der Waals surface area contributed by atoms with Gasteiger partial charge in [0.05, 0.1) is 6.54 Å². The van der Waals surface area contributed by atoms with Crippen LogP contribution in [0.5, 0.6) is 5.75 Å². The molecule has 0 unspecified atom stereocenters. The first kappa shape index (κ1) is 24.0. The molecular weight excluding hydrogens is 491 g/mol. The Hall–Kier alpha value is -2.00. The average Bonchev–Trinajstić information content (AvgIpc) is 2.63. The van der Waals surface area contributed by atoms with Crippen molar-refractivity contribution in [2.75, 3.05) is 32.6 Å². The molecule has 0 fully saturated rings. The summed E-state index contributed by atoms with van der Waals surface area (Å²) in [7, 11) is 3.70. The molecule has 0 bridgehead atoms. The molecule has 0 heterocycles. The summed E-state index contributed by atoms with van der Waals surface area (Å²) < 4.78 is 5.72. The van der Waals surface area contributed by atoms with Gasteiger partial charge < -0.3 is 20.3 Å². The standard InChI is InChI=1S/C20H25ClN4O2.HI/c1-15(26)24-18-6-4-5-16(13-18)14-23-20(22-2)25(3)11-12-27-19-9-7-17(21)8-10-19;/h4-10,13H,11-12,14H2,1-3H3,(H,22,23)(H,24,26);1H. The highest BCUT2D eigenvalue weighted by Gasteiger charge is 2.06. The van der Waals surface area contributed by atoms with Crippen LogP contribution in [0.15, 0.2) is 53.5 Å². The van der Waals surface area contributed by atoms with Gasteiger partial charge in [-0.25, -0.2) is 0 Å². The van der Waals surface area contributed by atoms with Crippen LogP contribution in [0.25, 0.3) is 0 Å². The van der Waals surface area contributed by atoms with Gasteiger partial charge in [-0.1, -0.05) is 23.7 Å². The SMILES string of the molecule is CN=C(NCc1cccc(NC(C)=O)c1)N(C)CCOc1ccc(Cl)cc1.I. The Kier molecular flexibility index (Phi) is 10.7. The van der Waals surface area contributed by atoms with Crippen molar-refractivity contribution in [2.24, 2.45) is 4.99 Å². The zero-order chi connectivity index (χ0) is 19.6. The number of benzene rings is 2. The minimum Gasteiger partial charge on any atom is -0.492 e. The fourth-order valence-electron chi connectivity index (χ4n) is 2.47. The maximum Gasteiger partial charge on any atom is 0.221 e. The minimum absolute atomic E-state index is 0. The van der Waals surface area contributed by atoms with E-state index in [-0.39, 0.29) is 29.9 Å². The number of carbonyl (C=O) groups excluding carboxylic acids is 1. The van der Waals surface area contributed by atoms with Crippen LogP contribution in [-0.4, -0.2) is 44.0 Å². The van der Waals surface area contributed by atoms with Crippen LogP contribution in [0.2, 0.25) is 5.02 Å². The third-order valence-corrected chi connectivity index (χ3v) is 4.03. The molecule has 0 radical (unpaired) electrons. The molecule has 2 aromatic rings. The Morgan fingerprint density at radius 3 is 2.57 bits per heavy atom. The molecule has 0 saturated carbocycles. The molecule has 0 aliphatic rings. The summed E-state index contributed by atoms with van der Waals surface area (Å²) in [6.45, 7) is 3.29. The predicted octanol–water partition coefficient (Wildman–Crippen LogP) is 4.00. The maximum absolute atomic E-state index is 11.2. The molecule has 0 saturated heterocycles. The molecule has 0 aromatic heterocycles. The minimum atomic E-state index is -0.0867. The number of nitrogens with zero attached hydrogens (tertiary/aromatic N) is 2. The second-order valence-electron chi connectivity index (χ2n) is 6.01. The Labute approximate surface area is 188 Å². The zero-order valence-electron chi connectivity index (χ0n) is 16.2. The van der Waals surface area contributed by atoms with E-state index in [1.54, 1.807) is 19.2 Å². The molecular formula is C20H26ClIN4O2. The van der Waals surface area contributed by atoms with E-state index < -0.39 is 0 Å². The first-order valence-electron chi connectivity index (χ1n) is 8.64. The second-order valence-corrected chi connectivity index (χ2v) is 6.44. The van der Waals surface area contributed by atoms with Crippen molar-refractivity contribution < 1.29 is 9.53 Å². The molecule has 1 amide bonds. The number of carbonyl (C=O) groups is 1. The molecule has 0 aliphatic carbocycles. The van der Waals surface area contributed by atoms with E-state index in [0.29, 0.717) is 24.7 Å². The van der Waals surface area contributed by atoms with Crippen molar-refractivity contribution in [3.05, 3.63) is 59.1 Å². The van der Waals surface area contributed by atoms with E-state index in [1.165, 1.54) is 6.92 Å². The first-order valence-corrected chi connectivity index (χ1v) is 9.02. The fraction of sp³-hybridized carbons (Fsp3) is 0.300. The van der Waals surface area contributed by atoms with Crippen molar-refractivity contribution in [1.82, 2.24) is 10.2 Å². The number of aliphatic imine (C=N–C) groups is 1. The molecule has 28 heavy (non-hydrogen) atoms. The molecule has 2 N–H and O–H groups in total. The Morgan fingerprint density at radius 2 is 1.93 bits per heavy atom. The molecule has 2 aromatic carbocycles. The van der Waals surface area contributed by atoms with Crippen LogP contribution in [0.4, 0.5) is 5.69 Å². The van der Waals surface area contributed by atoms with Crippen LogP contribution in [0.3, 0.4) is 0 Å². The van der Waals surface area contributed by atoms with Crippen LogP contribution >= 0.6 is 35.6 Å². The quantitative estimate of drug-likeness (QED) is 0.332. The lowest BCUT2D eigenvalue weighted by molar-refractivity contribution is -0.114. The van der Waals surface area contributed by atoms with Crippen LogP contribution in [0.1, 0.15) is 12.5 Å². The van der Waals surface area contributed by atoms with E-state index >= 15 is 0 Å². The topological polar surface area (TPSA) is 66.0 Å². The number of nitrogens with one attached hydrogen (secondary N) is 2. The lowest BCUT2D eigenvalue weighted by Gasteiger charge is -2.22. The zero-order valence-corrected chi connectivity index (χ0v) is 19.3. The summed E-state index contributed by atoms with van der Waals surface area (Å²) in [5.74, 6) is 1.46. The lowest BCUT2D eigenvalue weighted by atomic mass is 10.2. The highest BCUT2D eigenvalue weighted by Crippen LogP contribution is 2.15. The van der Waals surface area contributed by atoms with Crippen molar-refractivity contribution in [2.45, 2.75) is 13.5 Å². The fourth-order valence-corrected chi connectivity index (χ4v) is 2.59. The number of ether oxygens (including phenoxy) is 1. The Morgan fingerprint density at radius 1 is 1.21 bits per heavy atom. The van der Waals surface area contributed by atoms with Gasteiger partial charge in [0.25, 0.3) is 0 Å². The summed E-state index contributed by atoms with van der Waals surface area (Å²) in [5.41, 5.74) is 1.83. The van der Waals surface area contributed by atoms with E-state index in [2.05, 4.69) is 15.6 Å². The van der Waals surface area contributed by atoms with Gasteiger partial charge >= 0.3 is 0 Å². The number of halogens is 2. The van der Waals surface area contributed by atoms with Crippen molar-refractivity contribution in [3.8, 4) is 5.75 Å². The summed E-state index contributed by atoms with van der Waals surface area (Å²) in [4.78, 5) is 17.5. The number of likely N-dealkylation sites (N-methyl/N-ethyl adjacent to an activating group) is 1. The van der Waals surface area contributed by atoms with E-state index in [9.17, 15) is 4.79 Å². The Bertz CT molecular complexity index is 784. The molecule has 0 aliphatic heterocycles.